The lowest BCUT2D eigenvalue weighted by Gasteiger charge is -2.38. The van der Waals surface area contributed by atoms with Gasteiger partial charge in [-0.3, -0.25) is 4.79 Å². The summed E-state index contributed by atoms with van der Waals surface area (Å²) in [5.74, 6) is 0.601. The van der Waals surface area contributed by atoms with E-state index < -0.39 is 12.1 Å². The zero-order chi connectivity index (χ0) is 19.6. The number of nitrogens with zero attached hydrogens (tertiary/aromatic N) is 2. The zero-order valence-electron chi connectivity index (χ0n) is 14.6. The number of amides is 1. The van der Waals surface area contributed by atoms with E-state index in [2.05, 4.69) is 17.9 Å². The van der Waals surface area contributed by atoms with Gasteiger partial charge in [-0.15, -0.1) is 12.6 Å². The monoisotopic (exact) mass is 401 g/mol. The molecule has 8 heteroatoms. The van der Waals surface area contributed by atoms with Gasteiger partial charge in [0.15, 0.2) is 11.5 Å². The highest BCUT2D eigenvalue weighted by molar-refractivity contribution is 7.84. The van der Waals surface area contributed by atoms with Crippen molar-refractivity contribution in [3.8, 4) is 17.6 Å². The Morgan fingerprint density at radius 3 is 2.41 bits per heavy atom. The molecular weight excluding hydrogens is 386 g/mol. The lowest BCUT2D eigenvalue weighted by atomic mass is 10.1. The third-order valence-corrected chi connectivity index (χ3v) is 4.84. The Kier molecular flexibility index (Phi) is 5.49. The standard InChI is InChI=1S/C19H16ClN3O3S/c1-25-15-8-3-11(9-16(15)26-2)17-22-18(24)14(10-21)19(27)23(17)13-6-4-12(20)5-7-13/h3-9,17,27H,1-2H3,(H,22,24)/t17-/m1/s1. The van der Waals surface area contributed by atoms with Crippen LogP contribution in [0.4, 0.5) is 5.69 Å². The number of halogens is 1. The van der Waals surface area contributed by atoms with Gasteiger partial charge in [0.2, 0.25) is 0 Å². The van der Waals surface area contributed by atoms with Crippen LogP contribution in [0.25, 0.3) is 0 Å². The van der Waals surface area contributed by atoms with Gasteiger partial charge in [-0.2, -0.15) is 5.26 Å². The second kappa shape index (κ2) is 7.82. The SMILES string of the molecule is COc1ccc([C@@H]2NC(=O)C(C#N)=C(S)N2c2ccc(Cl)cc2)cc1OC. The molecule has 0 saturated heterocycles. The Morgan fingerprint density at radius 1 is 1.15 bits per heavy atom. The van der Waals surface area contributed by atoms with Gasteiger partial charge >= 0.3 is 0 Å². The maximum Gasteiger partial charge on any atom is 0.266 e. The Labute approximate surface area is 167 Å². The molecule has 1 aliphatic rings. The van der Waals surface area contributed by atoms with Gasteiger partial charge in [0.1, 0.15) is 17.8 Å². The highest BCUT2D eigenvalue weighted by atomic mass is 35.5. The van der Waals surface area contributed by atoms with Crippen LogP contribution in [0.3, 0.4) is 0 Å². The number of thiol groups is 1. The fraction of sp³-hybridized carbons (Fsp3) is 0.158. The molecule has 1 amide bonds. The quantitative estimate of drug-likeness (QED) is 0.765. The third-order valence-electron chi connectivity index (χ3n) is 4.14. The lowest BCUT2D eigenvalue weighted by Crippen LogP contribution is -2.46. The average Bonchev–Trinajstić information content (AvgIpc) is 2.68. The van der Waals surface area contributed by atoms with Crippen molar-refractivity contribution in [3.63, 3.8) is 0 Å². The number of ether oxygens (including phenoxy) is 2. The normalized spacial score (nSPS) is 16.6. The molecule has 27 heavy (non-hydrogen) atoms. The van der Waals surface area contributed by atoms with Crippen LogP contribution >= 0.6 is 24.2 Å². The number of carbonyl (C=O) groups excluding carboxylic acids is 1. The zero-order valence-corrected chi connectivity index (χ0v) is 16.2. The fourth-order valence-corrected chi connectivity index (χ4v) is 3.34. The minimum atomic E-state index is -0.594. The molecule has 0 radical (unpaired) electrons. The molecule has 3 rings (SSSR count). The maximum absolute atomic E-state index is 12.4. The molecule has 0 saturated carbocycles. The first-order valence-corrected chi connectivity index (χ1v) is 8.73. The van der Waals surface area contributed by atoms with Crippen LogP contribution in [-0.4, -0.2) is 20.1 Å². The molecule has 6 nitrogen and oxygen atoms in total. The number of hydrogen-bond donors (Lipinski definition) is 2. The number of methoxy groups -OCH3 is 2. The number of carbonyl (C=O) groups is 1. The van der Waals surface area contributed by atoms with Crippen LogP contribution in [0.15, 0.2) is 53.1 Å². The molecule has 1 N–H and O–H groups in total. The topological polar surface area (TPSA) is 74.6 Å². The summed E-state index contributed by atoms with van der Waals surface area (Å²) >= 11 is 10.4. The predicted octanol–water partition coefficient (Wildman–Crippen LogP) is 3.66. The molecule has 0 aliphatic carbocycles. The second-order valence-corrected chi connectivity index (χ2v) is 6.51. The third kappa shape index (κ3) is 3.54. The van der Waals surface area contributed by atoms with E-state index in [9.17, 15) is 10.1 Å². The number of hydrogen-bond acceptors (Lipinski definition) is 6. The van der Waals surface area contributed by atoms with Gasteiger partial charge in [0.05, 0.1) is 19.2 Å². The maximum atomic E-state index is 12.4. The minimum absolute atomic E-state index is 0.0648. The second-order valence-electron chi connectivity index (χ2n) is 5.65. The number of nitriles is 1. The van der Waals surface area contributed by atoms with E-state index in [1.165, 1.54) is 7.11 Å². The van der Waals surface area contributed by atoms with Crippen molar-refractivity contribution in [1.29, 1.82) is 5.26 Å². The minimum Gasteiger partial charge on any atom is -0.493 e. The average molecular weight is 402 g/mol. The molecule has 0 fully saturated rings. The van der Waals surface area contributed by atoms with Crippen LogP contribution in [-0.2, 0) is 4.79 Å². The van der Waals surface area contributed by atoms with Crippen molar-refractivity contribution in [2.75, 3.05) is 19.1 Å². The van der Waals surface area contributed by atoms with Crippen LogP contribution < -0.4 is 19.7 Å². The summed E-state index contributed by atoms with van der Waals surface area (Å²) in [4.78, 5) is 14.1. The van der Waals surface area contributed by atoms with Gasteiger partial charge in [-0.25, -0.2) is 0 Å². The van der Waals surface area contributed by atoms with Crippen LogP contribution in [0.2, 0.25) is 5.02 Å². The Bertz CT molecular complexity index is 954. The van der Waals surface area contributed by atoms with E-state index in [1.807, 2.05) is 12.1 Å². The predicted molar refractivity (Wildman–Crippen MR) is 106 cm³/mol. The Balaban J connectivity index is 2.15. The van der Waals surface area contributed by atoms with Gasteiger partial charge in [-0.05, 0) is 42.0 Å². The summed E-state index contributed by atoms with van der Waals surface area (Å²) in [5.41, 5.74) is 1.39. The first-order valence-electron chi connectivity index (χ1n) is 7.91. The van der Waals surface area contributed by atoms with Gasteiger partial charge in [-0.1, -0.05) is 17.7 Å². The van der Waals surface area contributed by atoms with Gasteiger partial charge < -0.3 is 19.7 Å². The van der Waals surface area contributed by atoms with E-state index in [-0.39, 0.29) is 10.6 Å². The summed E-state index contributed by atoms with van der Waals surface area (Å²) in [7, 11) is 3.09. The smallest absolute Gasteiger partial charge is 0.266 e. The molecule has 2 aromatic carbocycles. The molecule has 2 aromatic rings. The highest BCUT2D eigenvalue weighted by Crippen LogP contribution is 2.38. The van der Waals surface area contributed by atoms with Crippen molar-refractivity contribution in [2.45, 2.75) is 6.17 Å². The van der Waals surface area contributed by atoms with Crippen LogP contribution in [0.1, 0.15) is 11.7 Å². The summed E-state index contributed by atoms with van der Waals surface area (Å²) < 4.78 is 10.6. The van der Waals surface area contributed by atoms with Gasteiger partial charge in [0, 0.05) is 10.7 Å². The molecule has 1 aliphatic heterocycles. The Hall–Kier alpha value is -2.82. The van der Waals surface area contributed by atoms with E-state index >= 15 is 0 Å². The molecule has 138 valence electrons. The van der Waals surface area contributed by atoms with E-state index in [1.54, 1.807) is 48.4 Å². The molecule has 0 spiro atoms. The van der Waals surface area contributed by atoms with Crippen LogP contribution in [0, 0.1) is 11.3 Å². The van der Waals surface area contributed by atoms with E-state index in [4.69, 9.17) is 21.1 Å². The fourth-order valence-electron chi connectivity index (χ4n) is 2.83. The van der Waals surface area contributed by atoms with E-state index in [0.29, 0.717) is 16.5 Å². The molecule has 0 aromatic heterocycles. The number of anilines is 1. The first kappa shape index (κ1) is 19.0. The summed E-state index contributed by atoms with van der Waals surface area (Å²) in [5, 5.41) is 13.0. The van der Waals surface area contributed by atoms with E-state index in [0.717, 1.165) is 11.3 Å². The number of nitrogens with one attached hydrogen (secondary N) is 1. The van der Waals surface area contributed by atoms with Crippen molar-refractivity contribution < 1.29 is 14.3 Å². The number of benzene rings is 2. The van der Waals surface area contributed by atoms with Crippen molar-refractivity contribution in [3.05, 3.63) is 63.7 Å². The molecule has 1 atom stereocenters. The molecule has 0 bridgehead atoms. The van der Waals surface area contributed by atoms with Gasteiger partial charge in [0.25, 0.3) is 5.91 Å². The van der Waals surface area contributed by atoms with Crippen molar-refractivity contribution >= 4 is 35.8 Å². The Morgan fingerprint density at radius 2 is 1.81 bits per heavy atom. The molecular formula is C19H16ClN3O3S. The van der Waals surface area contributed by atoms with Crippen molar-refractivity contribution in [2.24, 2.45) is 0 Å². The summed E-state index contributed by atoms with van der Waals surface area (Å²) in [6, 6.07) is 14.3. The highest BCUT2D eigenvalue weighted by Gasteiger charge is 2.34. The molecule has 0 unspecified atom stereocenters. The summed E-state index contributed by atoms with van der Waals surface area (Å²) in [6.45, 7) is 0. The lowest BCUT2D eigenvalue weighted by molar-refractivity contribution is -0.118. The largest absolute Gasteiger partial charge is 0.493 e. The molecule has 1 heterocycles. The number of rotatable bonds is 4. The van der Waals surface area contributed by atoms with Crippen molar-refractivity contribution in [1.82, 2.24) is 5.32 Å². The van der Waals surface area contributed by atoms with Crippen LogP contribution in [0.5, 0.6) is 11.5 Å². The first-order chi connectivity index (χ1) is 13.0. The summed E-state index contributed by atoms with van der Waals surface area (Å²) in [6.07, 6.45) is -0.594.